The molecule has 16 heavy (non-hydrogen) atoms. The Morgan fingerprint density at radius 2 is 1.75 bits per heavy atom. The molecule has 2 heteroatoms. The van der Waals surface area contributed by atoms with Crippen LogP contribution in [0.1, 0.15) is 46.5 Å². The predicted octanol–water partition coefficient (Wildman–Crippen LogP) is 2.73. The lowest BCUT2D eigenvalue weighted by Gasteiger charge is -2.33. The topological polar surface area (TPSA) is 29.3 Å². The van der Waals surface area contributed by atoms with Gasteiger partial charge in [0.1, 0.15) is 0 Å². The fourth-order valence-electron chi connectivity index (χ4n) is 2.81. The summed E-state index contributed by atoms with van der Waals surface area (Å²) >= 11 is 0. The van der Waals surface area contributed by atoms with Gasteiger partial charge >= 0.3 is 0 Å². The second-order valence-corrected chi connectivity index (χ2v) is 6.69. The van der Waals surface area contributed by atoms with Gasteiger partial charge in [-0.05, 0) is 43.7 Å². The minimum Gasteiger partial charge on any atom is -0.330 e. The van der Waals surface area contributed by atoms with Gasteiger partial charge in [-0.2, -0.15) is 0 Å². The van der Waals surface area contributed by atoms with Crippen LogP contribution in [0.3, 0.4) is 0 Å². The lowest BCUT2D eigenvalue weighted by molar-refractivity contribution is 0.163. The molecule has 0 aromatic rings. The Kier molecular flexibility index (Phi) is 5.26. The first-order chi connectivity index (χ1) is 7.43. The average Bonchev–Trinajstić information content (AvgIpc) is 2.21. The van der Waals surface area contributed by atoms with Crippen LogP contribution in [-0.2, 0) is 0 Å². The predicted molar refractivity (Wildman–Crippen MR) is 71.5 cm³/mol. The van der Waals surface area contributed by atoms with Crippen molar-refractivity contribution in [2.24, 2.45) is 23.0 Å². The quantitative estimate of drug-likeness (QED) is 0.781. The molecule has 0 atom stereocenters. The summed E-state index contributed by atoms with van der Waals surface area (Å²) < 4.78 is 0. The molecule has 1 aliphatic rings. The first-order valence-corrected chi connectivity index (χ1v) is 6.81. The van der Waals surface area contributed by atoms with Crippen LogP contribution in [0.25, 0.3) is 0 Å². The molecule has 0 saturated heterocycles. The van der Waals surface area contributed by atoms with Gasteiger partial charge in [0, 0.05) is 13.1 Å². The maximum Gasteiger partial charge on any atom is 0.00418 e. The Morgan fingerprint density at radius 3 is 2.25 bits per heavy atom. The minimum atomic E-state index is 0.261. The summed E-state index contributed by atoms with van der Waals surface area (Å²) in [4.78, 5) is 2.48. The van der Waals surface area contributed by atoms with Crippen molar-refractivity contribution in [3.63, 3.8) is 0 Å². The third-order valence-electron chi connectivity index (χ3n) is 3.96. The Bertz CT molecular complexity index is 193. The molecule has 0 aliphatic heterocycles. The van der Waals surface area contributed by atoms with Crippen molar-refractivity contribution in [1.29, 1.82) is 0 Å². The summed E-state index contributed by atoms with van der Waals surface area (Å²) in [5.41, 5.74) is 6.04. The normalized spacial score (nSPS) is 27.4. The van der Waals surface area contributed by atoms with Gasteiger partial charge in [-0.1, -0.05) is 33.6 Å². The molecule has 1 saturated carbocycles. The second kappa shape index (κ2) is 6.02. The van der Waals surface area contributed by atoms with Crippen LogP contribution in [0.5, 0.6) is 0 Å². The Labute approximate surface area is 102 Å². The molecule has 0 bridgehead atoms. The van der Waals surface area contributed by atoms with Gasteiger partial charge in [0.25, 0.3) is 0 Å². The van der Waals surface area contributed by atoms with Crippen molar-refractivity contribution in [3.05, 3.63) is 0 Å². The van der Waals surface area contributed by atoms with Crippen LogP contribution in [0.4, 0.5) is 0 Å². The van der Waals surface area contributed by atoms with Crippen molar-refractivity contribution < 1.29 is 0 Å². The molecule has 0 heterocycles. The zero-order valence-corrected chi connectivity index (χ0v) is 11.6. The van der Waals surface area contributed by atoms with Crippen molar-refractivity contribution in [2.45, 2.75) is 46.5 Å². The van der Waals surface area contributed by atoms with E-state index in [-0.39, 0.29) is 5.41 Å². The fraction of sp³-hybridized carbons (Fsp3) is 1.00. The molecule has 1 aliphatic carbocycles. The Morgan fingerprint density at radius 1 is 1.19 bits per heavy atom. The van der Waals surface area contributed by atoms with E-state index >= 15 is 0 Å². The summed E-state index contributed by atoms with van der Waals surface area (Å²) in [5.74, 6) is 1.89. The van der Waals surface area contributed by atoms with E-state index in [2.05, 4.69) is 32.7 Å². The number of rotatable bonds is 5. The Balaban J connectivity index is 2.26. The molecule has 2 N–H and O–H groups in total. The van der Waals surface area contributed by atoms with Gasteiger partial charge in [-0.15, -0.1) is 0 Å². The van der Waals surface area contributed by atoms with Crippen LogP contribution in [0, 0.1) is 17.3 Å². The average molecular weight is 226 g/mol. The smallest absolute Gasteiger partial charge is 0.00418 e. The summed E-state index contributed by atoms with van der Waals surface area (Å²) in [6.07, 6.45) is 5.71. The van der Waals surface area contributed by atoms with Crippen LogP contribution < -0.4 is 5.73 Å². The molecule has 0 spiro atoms. The molecule has 0 unspecified atom stereocenters. The highest BCUT2D eigenvalue weighted by atomic mass is 15.1. The van der Waals surface area contributed by atoms with E-state index in [9.17, 15) is 0 Å². The molecule has 0 radical (unpaired) electrons. The van der Waals surface area contributed by atoms with Gasteiger partial charge in [0.05, 0.1) is 0 Å². The molecule has 2 nitrogen and oxygen atoms in total. The van der Waals surface area contributed by atoms with E-state index in [1.165, 1.54) is 32.2 Å². The first kappa shape index (κ1) is 14.0. The molecule has 1 fully saturated rings. The maximum absolute atomic E-state index is 5.78. The summed E-state index contributed by atoms with van der Waals surface area (Å²) in [6, 6.07) is 0. The Hall–Kier alpha value is -0.0800. The molecular weight excluding hydrogens is 196 g/mol. The van der Waals surface area contributed by atoms with Gasteiger partial charge in [-0.25, -0.2) is 0 Å². The van der Waals surface area contributed by atoms with E-state index < -0.39 is 0 Å². The zero-order chi connectivity index (χ0) is 12.2. The van der Waals surface area contributed by atoms with Crippen LogP contribution in [0.2, 0.25) is 0 Å². The molecule has 1 rings (SSSR count). The van der Waals surface area contributed by atoms with Gasteiger partial charge in [0.2, 0.25) is 0 Å². The lowest BCUT2D eigenvalue weighted by Crippen LogP contribution is -2.39. The maximum atomic E-state index is 5.78. The third kappa shape index (κ3) is 4.84. The van der Waals surface area contributed by atoms with Crippen molar-refractivity contribution >= 4 is 0 Å². The van der Waals surface area contributed by atoms with Gasteiger partial charge in [-0.3, -0.25) is 0 Å². The van der Waals surface area contributed by atoms with E-state index in [1.807, 2.05) is 0 Å². The monoisotopic (exact) mass is 226 g/mol. The third-order valence-corrected chi connectivity index (χ3v) is 3.96. The van der Waals surface area contributed by atoms with E-state index in [1.54, 1.807) is 0 Å². The van der Waals surface area contributed by atoms with E-state index in [4.69, 9.17) is 5.73 Å². The standard InChI is InChI=1S/C14H30N2/c1-12-5-7-13(8-6-12)9-16(4)11-14(2,3)10-15/h12-13H,5-11,15H2,1-4H3. The highest BCUT2D eigenvalue weighted by molar-refractivity contribution is 4.77. The zero-order valence-electron chi connectivity index (χ0n) is 11.6. The number of hydrogen-bond donors (Lipinski definition) is 1. The molecule has 96 valence electrons. The number of hydrogen-bond acceptors (Lipinski definition) is 2. The lowest BCUT2D eigenvalue weighted by atomic mass is 9.82. The summed E-state index contributed by atoms with van der Waals surface area (Å²) in [6.45, 7) is 10.1. The second-order valence-electron chi connectivity index (χ2n) is 6.69. The minimum absolute atomic E-state index is 0.261. The van der Waals surface area contributed by atoms with E-state index in [0.29, 0.717) is 0 Å². The first-order valence-electron chi connectivity index (χ1n) is 6.81. The van der Waals surface area contributed by atoms with Crippen LogP contribution in [-0.4, -0.2) is 31.6 Å². The summed E-state index contributed by atoms with van der Waals surface area (Å²) in [5, 5.41) is 0. The molecule has 0 aromatic heterocycles. The fourth-order valence-corrected chi connectivity index (χ4v) is 2.81. The number of nitrogens with two attached hydrogens (primary N) is 1. The molecular formula is C14H30N2. The highest BCUT2D eigenvalue weighted by Gasteiger charge is 2.22. The number of nitrogens with zero attached hydrogens (tertiary/aromatic N) is 1. The van der Waals surface area contributed by atoms with Crippen molar-refractivity contribution in [1.82, 2.24) is 4.90 Å². The van der Waals surface area contributed by atoms with Crippen LogP contribution >= 0.6 is 0 Å². The summed E-state index contributed by atoms with van der Waals surface area (Å²) in [7, 11) is 2.25. The van der Waals surface area contributed by atoms with Crippen LogP contribution in [0.15, 0.2) is 0 Å². The van der Waals surface area contributed by atoms with E-state index in [0.717, 1.165) is 24.9 Å². The SMILES string of the molecule is CC1CCC(CN(C)CC(C)(C)CN)CC1. The largest absolute Gasteiger partial charge is 0.330 e. The highest BCUT2D eigenvalue weighted by Crippen LogP contribution is 2.29. The van der Waals surface area contributed by atoms with Gasteiger partial charge in [0.15, 0.2) is 0 Å². The molecule has 0 amide bonds. The molecule has 0 aromatic carbocycles. The van der Waals surface area contributed by atoms with Crippen molar-refractivity contribution in [3.8, 4) is 0 Å². The van der Waals surface area contributed by atoms with Crippen molar-refractivity contribution in [2.75, 3.05) is 26.7 Å². The van der Waals surface area contributed by atoms with Gasteiger partial charge < -0.3 is 10.6 Å².